The third-order valence-corrected chi connectivity index (χ3v) is 2.33. The quantitative estimate of drug-likeness (QED) is 0.634. The van der Waals surface area contributed by atoms with Crippen LogP contribution in [-0.4, -0.2) is 33.0 Å². The van der Waals surface area contributed by atoms with E-state index in [1.807, 2.05) is 0 Å². The molecule has 1 atom stereocenters. The zero-order valence-electron chi connectivity index (χ0n) is 10.7. The second kappa shape index (κ2) is 8.08. The van der Waals surface area contributed by atoms with Gasteiger partial charge in [-0.2, -0.15) is 0 Å². The highest BCUT2D eigenvalue weighted by Gasteiger charge is 2.12. The van der Waals surface area contributed by atoms with Gasteiger partial charge < -0.3 is 15.2 Å². The van der Waals surface area contributed by atoms with Crippen LogP contribution in [-0.2, 0) is 9.47 Å². The molecule has 0 aromatic rings. The summed E-state index contributed by atoms with van der Waals surface area (Å²) in [5.41, 5.74) is 6.37. The van der Waals surface area contributed by atoms with E-state index in [4.69, 9.17) is 15.2 Å². The Morgan fingerprint density at radius 1 is 1.07 bits per heavy atom. The summed E-state index contributed by atoms with van der Waals surface area (Å²) in [7, 11) is 1.68. The molecule has 92 valence electrons. The van der Waals surface area contributed by atoms with Crippen molar-refractivity contribution in [1.82, 2.24) is 0 Å². The van der Waals surface area contributed by atoms with E-state index in [1.54, 1.807) is 7.11 Å². The van der Waals surface area contributed by atoms with Crippen molar-refractivity contribution in [3.8, 4) is 0 Å². The molecule has 0 aliphatic rings. The average Bonchev–Trinajstić information content (AvgIpc) is 2.13. The van der Waals surface area contributed by atoms with Crippen molar-refractivity contribution >= 4 is 0 Å². The van der Waals surface area contributed by atoms with Crippen molar-refractivity contribution in [1.29, 1.82) is 0 Å². The molecule has 0 saturated carbocycles. The van der Waals surface area contributed by atoms with Gasteiger partial charge in [0.05, 0.1) is 13.2 Å². The Bertz CT molecular complexity index is 143. The minimum atomic E-state index is 0.270. The van der Waals surface area contributed by atoms with Crippen LogP contribution in [0.3, 0.4) is 0 Å². The maximum absolute atomic E-state index is 5.98. The van der Waals surface area contributed by atoms with Crippen LogP contribution in [0.1, 0.15) is 40.0 Å². The number of hydrogen-bond donors (Lipinski definition) is 1. The fourth-order valence-electron chi connectivity index (χ4n) is 1.24. The van der Waals surface area contributed by atoms with Crippen LogP contribution in [0.2, 0.25) is 0 Å². The van der Waals surface area contributed by atoms with Crippen LogP contribution in [0.5, 0.6) is 0 Å². The molecule has 0 rings (SSSR count). The molecular formula is C12H27NO2. The highest BCUT2D eigenvalue weighted by atomic mass is 16.5. The van der Waals surface area contributed by atoms with Gasteiger partial charge in [0.1, 0.15) is 0 Å². The molecule has 0 heterocycles. The fraction of sp³-hybridized carbons (Fsp3) is 1.00. The number of hydrogen-bond acceptors (Lipinski definition) is 3. The molecule has 0 aliphatic heterocycles. The monoisotopic (exact) mass is 217 g/mol. The van der Waals surface area contributed by atoms with Crippen molar-refractivity contribution in [3.05, 3.63) is 0 Å². The van der Waals surface area contributed by atoms with Crippen molar-refractivity contribution < 1.29 is 9.47 Å². The smallest absolute Gasteiger partial charge is 0.0700 e. The third-order valence-electron chi connectivity index (χ3n) is 2.33. The van der Waals surface area contributed by atoms with Gasteiger partial charge in [-0.1, -0.05) is 20.8 Å². The van der Waals surface area contributed by atoms with Crippen molar-refractivity contribution in [2.45, 2.75) is 46.1 Å². The number of methoxy groups -OCH3 is 1. The molecule has 0 spiro atoms. The molecule has 15 heavy (non-hydrogen) atoms. The van der Waals surface area contributed by atoms with Gasteiger partial charge in [-0.3, -0.25) is 0 Å². The van der Waals surface area contributed by atoms with E-state index in [0.29, 0.717) is 18.6 Å². The van der Waals surface area contributed by atoms with Crippen LogP contribution < -0.4 is 5.73 Å². The van der Waals surface area contributed by atoms with Gasteiger partial charge in [-0.25, -0.2) is 0 Å². The van der Waals surface area contributed by atoms with Gasteiger partial charge >= 0.3 is 0 Å². The summed E-state index contributed by atoms with van der Waals surface area (Å²) in [5.74, 6) is 0. The lowest BCUT2D eigenvalue weighted by Gasteiger charge is -2.20. The summed E-state index contributed by atoms with van der Waals surface area (Å²) in [5, 5.41) is 0. The first-order chi connectivity index (χ1) is 6.95. The maximum atomic E-state index is 5.98. The van der Waals surface area contributed by atoms with Crippen LogP contribution in [0.4, 0.5) is 0 Å². The van der Waals surface area contributed by atoms with E-state index in [0.717, 1.165) is 19.4 Å². The van der Waals surface area contributed by atoms with Gasteiger partial charge in [-0.05, 0) is 24.7 Å². The van der Waals surface area contributed by atoms with E-state index in [-0.39, 0.29) is 6.04 Å². The molecule has 1 unspecified atom stereocenters. The molecule has 0 aliphatic carbocycles. The predicted molar refractivity (Wildman–Crippen MR) is 64.0 cm³/mol. The SMILES string of the molecule is COCCOCCC(N)CCC(C)(C)C. The second-order valence-electron chi connectivity index (χ2n) is 5.25. The highest BCUT2D eigenvalue weighted by molar-refractivity contribution is 4.68. The molecule has 3 heteroatoms. The van der Waals surface area contributed by atoms with Crippen LogP contribution in [0.15, 0.2) is 0 Å². The van der Waals surface area contributed by atoms with Gasteiger partial charge in [0.15, 0.2) is 0 Å². The molecule has 0 bridgehead atoms. The fourth-order valence-corrected chi connectivity index (χ4v) is 1.24. The molecule has 0 saturated heterocycles. The van der Waals surface area contributed by atoms with Crippen LogP contribution in [0, 0.1) is 5.41 Å². The lowest BCUT2D eigenvalue weighted by molar-refractivity contribution is 0.0665. The Morgan fingerprint density at radius 3 is 2.27 bits per heavy atom. The first-order valence-electron chi connectivity index (χ1n) is 5.78. The molecule has 0 amide bonds. The molecule has 3 nitrogen and oxygen atoms in total. The summed E-state index contributed by atoms with van der Waals surface area (Å²) in [4.78, 5) is 0. The molecule has 0 aromatic carbocycles. The summed E-state index contributed by atoms with van der Waals surface area (Å²) in [6.45, 7) is 8.81. The largest absolute Gasteiger partial charge is 0.382 e. The predicted octanol–water partition coefficient (Wildman–Crippen LogP) is 2.19. The van der Waals surface area contributed by atoms with Crippen molar-refractivity contribution in [2.24, 2.45) is 11.1 Å². The van der Waals surface area contributed by atoms with E-state index in [2.05, 4.69) is 20.8 Å². The summed E-state index contributed by atoms with van der Waals surface area (Å²) < 4.78 is 10.3. The minimum Gasteiger partial charge on any atom is -0.382 e. The Hall–Kier alpha value is -0.120. The Morgan fingerprint density at radius 2 is 1.73 bits per heavy atom. The lowest BCUT2D eigenvalue weighted by Crippen LogP contribution is -2.24. The first kappa shape index (κ1) is 14.9. The summed E-state index contributed by atoms with van der Waals surface area (Å²) in [6.07, 6.45) is 3.20. The van der Waals surface area contributed by atoms with Crippen molar-refractivity contribution in [3.63, 3.8) is 0 Å². The van der Waals surface area contributed by atoms with Gasteiger partial charge in [0.25, 0.3) is 0 Å². The molecule has 0 aromatic heterocycles. The number of ether oxygens (including phenoxy) is 2. The maximum Gasteiger partial charge on any atom is 0.0700 e. The zero-order chi connectivity index (χ0) is 11.7. The number of nitrogens with two attached hydrogens (primary N) is 1. The zero-order valence-corrected chi connectivity index (χ0v) is 10.7. The lowest BCUT2D eigenvalue weighted by atomic mass is 9.88. The normalized spacial score (nSPS) is 14.2. The van der Waals surface area contributed by atoms with E-state index in [9.17, 15) is 0 Å². The van der Waals surface area contributed by atoms with Gasteiger partial charge in [0, 0.05) is 19.8 Å². The molecule has 0 radical (unpaired) electrons. The third kappa shape index (κ3) is 11.8. The van der Waals surface area contributed by atoms with E-state index < -0.39 is 0 Å². The van der Waals surface area contributed by atoms with Crippen LogP contribution in [0.25, 0.3) is 0 Å². The van der Waals surface area contributed by atoms with Gasteiger partial charge in [0.2, 0.25) is 0 Å². The second-order valence-corrected chi connectivity index (χ2v) is 5.25. The molecule has 2 N–H and O–H groups in total. The molecule has 0 fully saturated rings. The number of rotatable bonds is 8. The summed E-state index contributed by atoms with van der Waals surface area (Å²) in [6, 6.07) is 0.270. The summed E-state index contributed by atoms with van der Waals surface area (Å²) >= 11 is 0. The Kier molecular flexibility index (Phi) is 8.02. The standard InChI is InChI=1S/C12H27NO2/c1-12(2,3)7-5-11(13)6-8-15-10-9-14-4/h11H,5-10,13H2,1-4H3. The Labute approximate surface area is 94.3 Å². The average molecular weight is 217 g/mol. The van der Waals surface area contributed by atoms with Crippen molar-refractivity contribution in [2.75, 3.05) is 26.9 Å². The van der Waals surface area contributed by atoms with E-state index in [1.165, 1.54) is 6.42 Å². The molecular weight excluding hydrogens is 190 g/mol. The van der Waals surface area contributed by atoms with E-state index >= 15 is 0 Å². The van der Waals surface area contributed by atoms with Gasteiger partial charge in [-0.15, -0.1) is 0 Å². The topological polar surface area (TPSA) is 44.5 Å². The Balaban J connectivity index is 3.30. The first-order valence-corrected chi connectivity index (χ1v) is 5.78. The minimum absolute atomic E-state index is 0.270. The van der Waals surface area contributed by atoms with Crippen LogP contribution >= 0.6 is 0 Å². The highest BCUT2D eigenvalue weighted by Crippen LogP contribution is 2.21.